The van der Waals surface area contributed by atoms with Crippen LogP contribution in [-0.4, -0.2) is 53.3 Å². The number of piperidine rings is 1. The van der Waals surface area contributed by atoms with E-state index in [0.717, 1.165) is 38.5 Å². The molecule has 0 amide bonds. The van der Waals surface area contributed by atoms with E-state index < -0.39 is 10.2 Å². The number of rotatable bonds is 5. The molecule has 2 fully saturated rings. The first kappa shape index (κ1) is 20.4. The van der Waals surface area contributed by atoms with Crippen molar-refractivity contribution in [2.45, 2.75) is 56.9 Å². The molecule has 2 heterocycles. The van der Waals surface area contributed by atoms with Gasteiger partial charge >= 0.3 is 0 Å². The van der Waals surface area contributed by atoms with Gasteiger partial charge in [0.05, 0.1) is 5.92 Å². The first-order valence-corrected chi connectivity index (χ1v) is 11.7. The van der Waals surface area contributed by atoms with Crippen LogP contribution in [-0.2, 0) is 10.2 Å². The van der Waals surface area contributed by atoms with E-state index in [1.54, 1.807) is 27.8 Å². The minimum atomic E-state index is -3.53. The van der Waals surface area contributed by atoms with Crippen molar-refractivity contribution in [2.24, 2.45) is 0 Å². The summed E-state index contributed by atoms with van der Waals surface area (Å²) in [6.07, 6.45) is 6.71. The van der Waals surface area contributed by atoms with Gasteiger partial charge in [0.15, 0.2) is 0 Å². The van der Waals surface area contributed by atoms with E-state index in [4.69, 9.17) is 4.52 Å². The van der Waals surface area contributed by atoms with Crippen LogP contribution in [0.15, 0.2) is 28.8 Å². The van der Waals surface area contributed by atoms with Crippen molar-refractivity contribution in [3.8, 4) is 11.4 Å². The minimum absolute atomic E-state index is 0.0807. The summed E-state index contributed by atoms with van der Waals surface area (Å²) in [6.45, 7) is 0.824. The van der Waals surface area contributed by atoms with E-state index in [1.165, 1.54) is 18.6 Å². The van der Waals surface area contributed by atoms with E-state index >= 15 is 0 Å². The van der Waals surface area contributed by atoms with E-state index in [-0.39, 0.29) is 17.8 Å². The smallest absolute Gasteiger partial charge is 0.281 e. The van der Waals surface area contributed by atoms with Gasteiger partial charge in [-0.3, -0.25) is 0 Å². The van der Waals surface area contributed by atoms with E-state index in [2.05, 4.69) is 10.1 Å². The first-order valence-electron chi connectivity index (χ1n) is 10.3. The highest BCUT2D eigenvalue weighted by Crippen LogP contribution is 2.31. The van der Waals surface area contributed by atoms with Gasteiger partial charge in [-0.1, -0.05) is 36.6 Å². The Hall–Kier alpha value is -1.84. The van der Waals surface area contributed by atoms with Gasteiger partial charge in [0.2, 0.25) is 11.7 Å². The lowest BCUT2D eigenvalue weighted by Crippen LogP contribution is -2.49. The van der Waals surface area contributed by atoms with Crippen molar-refractivity contribution in [2.75, 3.05) is 20.1 Å². The zero-order valence-corrected chi connectivity index (χ0v) is 17.4. The number of benzene rings is 1. The van der Waals surface area contributed by atoms with Gasteiger partial charge in [-0.2, -0.15) is 22.0 Å². The predicted octanol–water partition coefficient (Wildman–Crippen LogP) is 3.56. The molecule has 0 radical (unpaired) electrons. The topological polar surface area (TPSA) is 79.5 Å². The Labute approximate surface area is 171 Å². The fourth-order valence-corrected chi connectivity index (χ4v) is 5.99. The van der Waals surface area contributed by atoms with Gasteiger partial charge in [0, 0.05) is 31.7 Å². The lowest BCUT2D eigenvalue weighted by atomic mass is 9.96. The average Bonchev–Trinajstić information content (AvgIpc) is 3.24. The zero-order valence-electron chi connectivity index (χ0n) is 16.6. The molecule has 1 aromatic carbocycles. The molecule has 0 spiro atoms. The molecule has 1 saturated carbocycles. The number of aromatic nitrogens is 2. The lowest BCUT2D eigenvalue weighted by Gasteiger charge is -2.37. The quantitative estimate of drug-likeness (QED) is 0.736. The normalized spacial score (nSPS) is 22.2. The molecule has 2 aromatic rings. The van der Waals surface area contributed by atoms with Crippen molar-refractivity contribution in [1.82, 2.24) is 18.8 Å². The number of nitrogens with zero attached hydrogens (tertiary/aromatic N) is 4. The van der Waals surface area contributed by atoms with E-state index in [1.807, 2.05) is 0 Å². The van der Waals surface area contributed by atoms with Crippen molar-refractivity contribution in [1.29, 1.82) is 0 Å². The van der Waals surface area contributed by atoms with Gasteiger partial charge in [-0.15, -0.1) is 0 Å². The Morgan fingerprint density at radius 1 is 1.17 bits per heavy atom. The molecule has 1 atom stereocenters. The minimum Gasteiger partial charge on any atom is -0.339 e. The van der Waals surface area contributed by atoms with Gasteiger partial charge in [0.25, 0.3) is 10.2 Å². The third kappa shape index (κ3) is 4.36. The van der Waals surface area contributed by atoms with E-state index in [0.29, 0.717) is 30.4 Å². The molecule has 29 heavy (non-hydrogen) atoms. The molecule has 0 N–H and O–H groups in total. The summed E-state index contributed by atoms with van der Waals surface area (Å²) < 4.78 is 48.3. The number of hydrogen-bond acceptors (Lipinski definition) is 5. The van der Waals surface area contributed by atoms with Crippen LogP contribution in [0.5, 0.6) is 0 Å². The monoisotopic (exact) mass is 422 g/mol. The molecule has 158 valence electrons. The summed E-state index contributed by atoms with van der Waals surface area (Å²) in [5, 5.41) is 3.97. The second-order valence-electron chi connectivity index (χ2n) is 7.98. The maximum absolute atomic E-state index is 13.5. The second kappa shape index (κ2) is 8.49. The molecule has 0 unspecified atom stereocenters. The SMILES string of the molecule is CN(C1CCCCC1)S(=O)(=O)N1CCC[C@@H](c2nc(-c3cccc(F)c3)no2)C1. The molecule has 1 aliphatic carbocycles. The van der Waals surface area contributed by atoms with Crippen molar-refractivity contribution < 1.29 is 17.3 Å². The maximum atomic E-state index is 13.5. The standard InChI is InChI=1S/C20H27FN4O3S/c1-24(18-10-3-2-4-11-18)29(26,27)25-12-6-8-16(14-25)20-22-19(23-28-20)15-7-5-9-17(21)13-15/h5,7,9,13,16,18H,2-4,6,8,10-12,14H2,1H3/t16-/m1/s1. The van der Waals surface area contributed by atoms with Crippen LogP contribution in [0.25, 0.3) is 11.4 Å². The molecular formula is C20H27FN4O3S. The summed E-state index contributed by atoms with van der Waals surface area (Å²) >= 11 is 0. The third-order valence-electron chi connectivity index (χ3n) is 6.04. The lowest BCUT2D eigenvalue weighted by molar-refractivity contribution is 0.230. The van der Waals surface area contributed by atoms with Crippen LogP contribution in [0, 0.1) is 5.82 Å². The fourth-order valence-electron chi connectivity index (χ4n) is 4.31. The molecule has 1 aromatic heterocycles. The summed E-state index contributed by atoms with van der Waals surface area (Å²) in [4.78, 5) is 4.42. The van der Waals surface area contributed by atoms with Crippen LogP contribution in [0.1, 0.15) is 56.8 Å². The molecular weight excluding hydrogens is 395 g/mol. The number of halogens is 1. The van der Waals surface area contributed by atoms with Gasteiger partial charge in [0.1, 0.15) is 5.82 Å². The Morgan fingerprint density at radius 2 is 1.97 bits per heavy atom. The van der Waals surface area contributed by atoms with Gasteiger partial charge < -0.3 is 4.52 Å². The second-order valence-corrected chi connectivity index (χ2v) is 9.97. The Bertz CT molecular complexity index is 943. The Kier molecular flexibility index (Phi) is 5.98. The van der Waals surface area contributed by atoms with Gasteiger partial charge in [-0.05, 0) is 37.8 Å². The van der Waals surface area contributed by atoms with Crippen LogP contribution >= 0.6 is 0 Å². The Morgan fingerprint density at radius 3 is 2.72 bits per heavy atom. The molecule has 2 aliphatic rings. The zero-order chi connectivity index (χ0) is 20.4. The highest BCUT2D eigenvalue weighted by molar-refractivity contribution is 7.86. The summed E-state index contributed by atoms with van der Waals surface area (Å²) in [5.41, 5.74) is 0.539. The maximum Gasteiger partial charge on any atom is 0.281 e. The molecule has 1 aliphatic heterocycles. The highest BCUT2D eigenvalue weighted by Gasteiger charge is 2.37. The largest absolute Gasteiger partial charge is 0.339 e. The molecule has 0 bridgehead atoms. The molecule has 7 nitrogen and oxygen atoms in total. The summed E-state index contributed by atoms with van der Waals surface area (Å²) in [6, 6.07) is 6.10. The fraction of sp³-hybridized carbons (Fsp3) is 0.600. The predicted molar refractivity (Wildman–Crippen MR) is 107 cm³/mol. The van der Waals surface area contributed by atoms with Crippen LogP contribution in [0.2, 0.25) is 0 Å². The van der Waals surface area contributed by atoms with Crippen LogP contribution in [0.4, 0.5) is 4.39 Å². The molecule has 1 saturated heterocycles. The van der Waals surface area contributed by atoms with Crippen molar-refractivity contribution >= 4 is 10.2 Å². The van der Waals surface area contributed by atoms with E-state index in [9.17, 15) is 12.8 Å². The average molecular weight is 423 g/mol. The van der Waals surface area contributed by atoms with Gasteiger partial charge in [-0.25, -0.2) is 4.39 Å². The molecule has 9 heteroatoms. The Balaban J connectivity index is 1.48. The van der Waals surface area contributed by atoms with Crippen molar-refractivity contribution in [3.05, 3.63) is 36.0 Å². The summed E-state index contributed by atoms with van der Waals surface area (Å²) in [5.74, 6) is 0.200. The van der Waals surface area contributed by atoms with Crippen LogP contribution < -0.4 is 0 Å². The first-order chi connectivity index (χ1) is 13.9. The number of hydrogen-bond donors (Lipinski definition) is 0. The summed E-state index contributed by atoms with van der Waals surface area (Å²) in [7, 11) is -1.83. The highest BCUT2D eigenvalue weighted by atomic mass is 32.2. The molecule has 4 rings (SSSR count). The van der Waals surface area contributed by atoms with Crippen LogP contribution in [0.3, 0.4) is 0 Å². The third-order valence-corrected chi connectivity index (χ3v) is 8.05. The van der Waals surface area contributed by atoms with Crippen molar-refractivity contribution in [3.63, 3.8) is 0 Å².